The molecule has 34 heteroatoms. The van der Waals surface area contributed by atoms with Crippen molar-refractivity contribution in [2.75, 3.05) is 157 Å². The highest BCUT2D eigenvalue weighted by molar-refractivity contribution is 6.25. The van der Waals surface area contributed by atoms with Crippen molar-refractivity contribution in [1.82, 2.24) is 80.9 Å². The van der Waals surface area contributed by atoms with Gasteiger partial charge < -0.3 is 46.6 Å². The van der Waals surface area contributed by atoms with E-state index in [1.54, 1.807) is 146 Å². The van der Waals surface area contributed by atoms with Gasteiger partial charge in [0.1, 0.15) is 0 Å². The smallest absolute Gasteiger partial charge is 0.261 e. The molecule has 0 aromatic heterocycles. The molecule has 34 nitrogen and oxygen atoms in total. The van der Waals surface area contributed by atoms with Crippen molar-refractivity contribution in [2.24, 2.45) is 35.5 Å². The van der Waals surface area contributed by atoms with E-state index in [4.69, 9.17) is 0 Å². The first-order valence-corrected chi connectivity index (χ1v) is 50.0. The molecule has 0 bridgehead atoms. The van der Waals surface area contributed by atoms with Gasteiger partial charge in [-0.25, -0.2) is 0 Å². The van der Waals surface area contributed by atoms with E-state index < -0.39 is 36.3 Å². The Hall–Kier alpha value is -13.3. The third-order valence-corrected chi connectivity index (χ3v) is 27.4. The van der Waals surface area contributed by atoms with Gasteiger partial charge in [-0.3, -0.25) is 91.8 Å². The van der Waals surface area contributed by atoms with Gasteiger partial charge in [0.05, 0.1) is 139 Å². The van der Waals surface area contributed by atoms with E-state index in [0.29, 0.717) is 262 Å². The van der Waals surface area contributed by atoms with Gasteiger partial charge in [0, 0.05) is 78.5 Å². The normalized spacial score (nSPS) is 16.8. The van der Waals surface area contributed by atoms with Gasteiger partial charge in [0.25, 0.3) is 70.9 Å². The zero-order chi connectivity index (χ0) is 101. The standard InChI is InChI=1S/C108H132N22O12/c1-73(67-125-97(131)85-25-7-8-26-86(85)98(125)132)55-79(61-109)115-37-19-43-121(44-20-38-116-80(62-110)56-74(2)68-126-99(133)87-27-9-10-28-88(87)100(126)134)49-52-124(53-50-122(45-21-39-117-81(63-111)57-75(3)69-127-101(135)89-29-11-12-30-90(89)102(127)136)46-22-40-118-82(64-112)58-76(4)70-128-103(137)91-31-13-14-32-92(91)104(128)138)54-51-123(47-23-41-119-83(65-113)59-77(5)71-129-105(139)93-33-15-16-34-94(93)106(129)140)48-24-42-120-84(66-114)60-78(6)72-130-107(141)95-35-17-18-36-96(95)108(130)142/h7-18,25-36,73-84,115-120H,19-24,37-60,67-72H2,1-6H3. The Labute approximate surface area is 832 Å². The largest absolute Gasteiger partial charge is 0.302 e. The second-order valence-corrected chi connectivity index (χ2v) is 38.9. The molecular formula is C108H132N22O12. The van der Waals surface area contributed by atoms with Crippen molar-refractivity contribution in [3.8, 4) is 36.4 Å². The van der Waals surface area contributed by atoms with Crippen molar-refractivity contribution in [1.29, 1.82) is 31.6 Å². The third kappa shape index (κ3) is 28.4. The number of nitrogens with zero attached hydrogens (tertiary/aromatic N) is 16. The second kappa shape index (κ2) is 53.0. The molecule has 0 saturated heterocycles. The summed E-state index contributed by atoms with van der Waals surface area (Å²) in [4.78, 5) is 178. The number of amides is 12. The van der Waals surface area contributed by atoms with Crippen LogP contribution in [0.25, 0.3) is 0 Å². The lowest BCUT2D eigenvalue weighted by Gasteiger charge is -2.32. The van der Waals surface area contributed by atoms with Crippen LogP contribution in [0.2, 0.25) is 0 Å². The Balaban J connectivity index is 0.769. The molecule has 12 unspecified atom stereocenters. The molecular weight excluding hydrogens is 1800 g/mol. The van der Waals surface area contributed by atoms with Crippen LogP contribution in [0.5, 0.6) is 0 Å². The van der Waals surface area contributed by atoms with Gasteiger partial charge in [0.15, 0.2) is 0 Å². The number of carbonyl (C=O) groups excluding carboxylic acids is 12. The quantitative estimate of drug-likeness (QED) is 0.0153. The first-order valence-electron chi connectivity index (χ1n) is 50.0. The minimum Gasteiger partial charge on any atom is -0.302 e. The third-order valence-electron chi connectivity index (χ3n) is 27.4. The fourth-order valence-corrected chi connectivity index (χ4v) is 19.9. The van der Waals surface area contributed by atoms with E-state index in [-0.39, 0.29) is 146 Å². The number of hydrogen-bond donors (Lipinski definition) is 6. The molecule has 0 aliphatic carbocycles. The summed E-state index contributed by atoms with van der Waals surface area (Å²) in [6.45, 7) is 21.8. The van der Waals surface area contributed by atoms with Crippen LogP contribution in [-0.2, 0) is 0 Å². The molecule has 12 atom stereocenters. The van der Waals surface area contributed by atoms with Gasteiger partial charge in [-0.1, -0.05) is 114 Å². The first-order chi connectivity index (χ1) is 68.6. The number of nitrogens with one attached hydrogen (secondary N) is 6. The second-order valence-electron chi connectivity index (χ2n) is 38.9. The summed E-state index contributed by atoms with van der Waals surface area (Å²) in [5, 5.41) is 84.4. The van der Waals surface area contributed by atoms with Crippen LogP contribution in [0, 0.1) is 103 Å². The molecule has 0 radical (unpaired) electrons. The van der Waals surface area contributed by atoms with E-state index in [9.17, 15) is 89.1 Å². The molecule has 0 saturated carbocycles. The highest BCUT2D eigenvalue weighted by Crippen LogP contribution is 2.32. The lowest BCUT2D eigenvalue weighted by atomic mass is 10.0. The average Bonchev–Trinajstić information content (AvgIpc) is 1.67. The first kappa shape index (κ1) is 108. The lowest BCUT2D eigenvalue weighted by Crippen LogP contribution is -2.45. The van der Waals surface area contributed by atoms with Crippen molar-refractivity contribution < 1.29 is 57.5 Å². The minimum absolute atomic E-state index is 0.135. The van der Waals surface area contributed by atoms with Crippen LogP contribution in [-0.4, -0.2) is 313 Å². The van der Waals surface area contributed by atoms with Gasteiger partial charge in [-0.15, -0.1) is 0 Å². The number of rotatable bonds is 63. The van der Waals surface area contributed by atoms with Crippen LogP contribution in [0.4, 0.5) is 0 Å². The summed E-state index contributed by atoms with van der Waals surface area (Å²) in [6.07, 6.45) is 5.78. The number of nitriles is 6. The highest BCUT2D eigenvalue weighted by atomic mass is 16.2. The zero-order valence-corrected chi connectivity index (χ0v) is 82.3. The zero-order valence-electron chi connectivity index (χ0n) is 82.3. The molecule has 0 spiro atoms. The van der Waals surface area contributed by atoms with Crippen molar-refractivity contribution in [2.45, 2.75) is 155 Å². The van der Waals surface area contributed by atoms with E-state index in [0.717, 1.165) is 0 Å². The predicted octanol–water partition coefficient (Wildman–Crippen LogP) is 9.36. The van der Waals surface area contributed by atoms with Gasteiger partial charge in [-0.2, -0.15) is 31.6 Å². The minimum atomic E-state index is -0.614. The summed E-state index contributed by atoms with van der Waals surface area (Å²) < 4.78 is 0. The van der Waals surface area contributed by atoms with E-state index in [1.165, 1.54) is 29.4 Å². The average molecular weight is 1930 g/mol. The van der Waals surface area contributed by atoms with Gasteiger partial charge in [0.2, 0.25) is 0 Å². The maximum Gasteiger partial charge on any atom is 0.261 e. The van der Waals surface area contributed by atoms with Crippen LogP contribution < -0.4 is 31.9 Å². The summed E-state index contributed by atoms with van der Waals surface area (Å²) in [6, 6.07) is 51.1. The van der Waals surface area contributed by atoms with Crippen LogP contribution in [0.15, 0.2) is 146 Å². The Morgan fingerprint density at radius 3 is 0.430 bits per heavy atom. The molecule has 746 valence electrons. The molecule has 12 rings (SSSR count). The maximum absolute atomic E-state index is 13.5. The number of imide groups is 6. The maximum atomic E-state index is 13.5. The number of benzene rings is 6. The molecule has 12 amide bonds. The number of carbonyl (C=O) groups is 12. The molecule has 6 aliphatic rings. The van der Waals surface area contributed by atoms with Crippen molar-refractivity contribution in [3.63, 3.8) is 0 Å². The van der Waals surface area contributed by atoms with E-state index in [2.05, 4.69) is 87.9 Å². The monoisotopic (exact) mass is 1930 g/mol. The summed E-state index contributed by atoms with van der Waals surface area (Å²) >= 11 is 0. The van der Waals surface area contributed by atoms with Crippen LogP contribution >= 0.6 is 0 Å². The highest BCUT2D eigenvalue weighted by Gasteiger charge is 2.43. The number of fused-ring (bicyclic) bond motifs is 6. The Morgan fingerprint density at radius 1 is 0.204 bits per heavy atom. The van der Waals surface area contributed by atoms with E-state index >= 15 is 0 Å². The summed E-state index contributed by atoms with van der Waals surface area (Å²) in [5.74, 6) is -5.77. The van der Waals surface area contributed by atoms with E-state index in [1.807, 2.05) is 41.5 Å². The van der Waals surface area contributed by atoms with Crippen molar-refractivity contribution >= 4 is 70.9 Å². The van der Waals surface area contributed by atoms with Crippen LogP contribution in [0.1, 0.15) is 243 Å². The molecule has 6 aromatic rings. The molecule has 6 N–H and O–H groups in total. The molecule has 142 heavy (non-hydrogen) atoms. The fourth-order valence-electron chi connectivity index (χ4n) is 19.9. The Morgan fingerprint density at radius 2 is 0.317 bits per heavy atom. The van der Waals surface area contributed by atoms with Crippen LogP contribution in [0.3, 0.4) is 0 Å². The Bertz CT molecular complexity index is 4700. The summed E-state index contributed by atoms with van der Waals surface area (Å²) in [7, 11) is 0. The number of hydrogen-bond acceptors (Lipinski definition) is 28. The topological polar surface area (TPSA) is 452 Å². The van der Waals surface area contributed by atoms with Gasteiger partial charge in [-0.05, 0) is 264 Å². The lowest BCUT2D eigenvalue weighted by molar-refractivity contribution is 0.0614. The summed E-state index contributed by atoms with van der Waals surface area (Å²) in [5.41, 5.74) is 4.20. The van der Waals surface area contributed by atoms with Crippen molar-refractivity contribution in [3.05, 3.63) is 212 Å². The predicted molar refractivity (Wildman–Crippen MR) is 531 cm³/mol. The molecule has 0 fully saturated rings. The SMILES string of the molecule is CC(CC(C#N)NCCCN(CCCNC(C#N)CC(C)CN1C(=O)c2ccccc2C1=O)CCN(CCN(CCCNC(C#N)CC(C)CN1C(=O)c2ccccc2C1=O)CCCNC(C#N)CC(C)CN1C(=O)c2ccccc2C1=O)CCN(CCCNC(C#N)CC(C)CN1C(=O)c2ccccc2C1=O)CCCNC(C#N)CC(C)CN1C(=O)c2ccccc2C1=O)CN1C(=O)c2ccccc2C1=O. The Kier molecular flexibility index (Phi) is 40.1. The molecule has 6 aromatic carbocycles. The molecule has 6 aliphatic heterocycles. The van der Waals surface area contributed by atoms with Gasteiger partial charge >= 0.3 is 0 Å². The molecule has 6 heterocycles. The fraction of sp³-hybridized carbons (Fsp3) is 0.500.